The average Bonchev–Trinajstić information content (AvgIpc) is 2.31. The van der Waals surface area contributed by atoms with Crippen molar-refractivity contribution in [3.63, 3.8) is 0 Å². The van der Waals surface area contributed by atoms with Gasteiger partial charge in [-0.3, -0.25) is 4.79 Å². The van der Waals surface area contributed by atoms with Gasteiger partial charge in [0.05, 0.1) is 14.2 Å². The first-order chi connectivity index (χ1) is 7.93. The summed E-state index contributed by atoms with van der Waals surface area (Å²) in [5, 5.41) is 18.4. The molecule has 17 heavy (non-hydrogen) atoms. The summed E-state index contributed by atoms with van der Waals surface area (Å²) in [4.78, 5) is 10.8. The van der Waals surface area contributed by atoms with E-state index in [9.17, 15) is 9.90 Å². The van der Waals surface area contributed by atoms with E-state index in [1.54, 1.807) is 0 Å². The maximum absolute atomic E-state index is 10.8. The molecule has 0 aliphatic heterocycles. The minimum Gasteiger partial charge on any atom is -0.506 e. The molecule has 0 radical (unpaired) electrons. The van der Waals surface area contributed by atoms with E-state index >= 15 is 0 Å². The van der Waals surface area contributed by atoms with Crippen molar-refractivity contribution in [2.75, 3.05) is 14.2 Å². The maximum Gasteiger partial charge on any atom is 0.325 e. The standard InChI is InChI=1S/C10H12ClNO5/c1-16-5-3-4(7(12)10(14)15)8(13)6(11)9(5)17-2/h3,7,13H,12H2,1-2H3,(H,14,15). The predicted octanol–water partition coefficient (Wildman–Crippen LogP) is 1.15. The second kappa shape index (κ2) is 5.11. The van der Waals surface area contributed by atoms with Crippen molar-refractivity contribution in [1.82, 2.24) is 0 Å². The summed E-state index contributed by atoms with van der Waals surface area (Å²) in [5.74, 6) is -1.40. The van der Waals surface area contributed by atoms with Gasteiger partial charge < -0.3 is 25.4 Å². The van der Waals surface area contributed by atoms with Gasteiger partial charge in [0.1, 0.15) is 16.8 Å². The van der Waals surface area contributed by atoms with Gasteiger partial charge in [-0.15, -0.1) is 0 Å². The Labute approximate surface area is 103 Å². The molecule has 1 atom stereocenters. The van der Waals surface area contributed by atoms with E-state index in [1.807, 2.05) is 0 Å². The van der Waals surface area contributed by atoms with Gasteiger partial charge >= 0.3 is 5.97 Å². The van der Waals surface area contributed by atoms with Crippen LogP contribution < -0.4 is 15.2 Å². The maximum atomic E-state index is 10.8. The second-order valence-electron chi connectivity index (χ2n) is 3.18. The molecule has 0 spiro atoms. The minimum atomic E-state index is -1.40. The van der Waals surface area contributed by atoms with E-state index in [0.29, 0.717) is 0 Å². The molecule has 1 unspecified atom stereocenters. The number of rotatable bonds is 4. The molecule has 94 valence electrons. The number of nitrogens with two attached hydrogens (primary N) is 1. The molecular formula is C10H12ClNO5. The number of halogens is 1. The van der Waals surface area contributed by atoms with Crippen LogP contribution in [0.3, 0.4) is 0 Å². The van der Waals surface area contributed by atoms with E-state index in [-0.39, 0.29) is 22.1 Å². The molecule has 0 bridgehead atoms. The van der Waals surface area contributed by atoms with Crippen molar-refractivity contribution in [3.8, 4) is 17.2 Å². The van der Waals surface area contributed by atoms with Crippen LogP contribution in [-0.2, 0) is 4.79 Å². The minimum absolute atomic E-state index is 0.0415. The summed E-state index contributed by atoms with van der Waals surface area (Å²) in [6.45, 7) is 0. The molecule has 1 aromatic carbocycles. The lowest BCUT2D eigenvalue weighted by atomic mass is 10.1. The number of carboxylic acid groups (broad SMARTS) is 1. The molecule has 6 nitrogen and oxygen atoms in total. The number of methoxy groups -OCH3 is 2. The number of ether oxygens (including phenoxy) is 2. The fraction of sp³-hybridized carbons (Fsp3) is 0.300. The van der Waals surface area contributed by atoms with Crippen molar-refractivity contribution in [1.29, 1.82) is 0 Å². The van der Waals surface area contributed by atoms with Gasteiger partial charge in [-0.2, -0.15) is 0 Å². The van der Waals surface area contributed by atoms with Crippen molar-refractivity contribution < 1.29 is 24.5 Å². The summed E-state index contributed by atoms with van der Waals surface area (Å²) in [6, 6.07) is -0.119. The number of hydrogen-bond acceptors (Lipinski definition) is 5. The van der Waals surface area contributed by atoms with Crippen LogP contribution in [0.1, 0.15) is 11.6 Å². The van der Waals surface area contributed by atoms with Crippen LogP contribution in [0.5, 0.6) is 17.2 Å². The highest BCUT2D eigenvalue weighted by molar-refractivity contribution is 6.34. The Hall–Kier alpha value is -1.66. The van der Waals surface area contributed by atoms with Crippen LogP contribution in [-0.4, -0.2) is 30.4 Å². The van der Waals surface area contributed by atoms with E-state index < -0.39 is 17.8 Å². The number of aliphatic carboxylic acids is 1. The first-order valence-electron chi connectivity index (χ1n) is 4.55. The number of carboxylic acids is 1. The summed E-state index contributed by atoms with van der Waals surface area (Å²) in [7, 11) is 2.71. The Morgan fingerprint density at radius 1 is 1.47 bits per heavy atom. The molecule has 0 saturated carbocycles. The van der Waals surface area contributed by atoms with E-state index in [2.05, 4.69) is 0 Å². The Morgan fingerprint density at radius 3 is 2.47 bits per heavy atom. The molecule has 1 aromatic rings. The van der Waals surface area contributed by atoms with Crippen LogP contribution in [0.4, 0.5) is 0 Å². The zero-order valence-electron chi connectivity index (χ0n) is 9.23. The molecule has 0 aromatic heterocycles. The molecule has 0 amide bonds. The van der Waals surface area contributed by atoms with Gasteiger partial charge in [0.2, 0.25) is 0 Å². The van der Waals surface area contributed by atoms with Gasteiger partial charge in [-0.25, -0.2) is 0 Å². The lowest BCUT2D eigenvalue weighted by Crippen LogP contribution is -2.21. The van der Waals surface area contributed by atoms with Crippen LogP contribution in [0.25, 0.3) is 0 Å². The molecule has 0 saturated heterocycles. The zero-order chi connectivity index (χ0) is 13.2. The van der Waals surface area contributed by atoms with Crippen LogP contribution in [0.2, 0.25) is 5.02 Å². The van der Waals surface area contributed by atoms with Gasteiger partial charge in [-0.1, -0.05) is 11.6 Å². The number of carbonyl (C=O) groups is 1. The average molecular weight is 262 g/mol. The first kappa shape index (κ1) is 13.4. The highest BCUT2D eigenvalue weighted by atomic mass is 35.5. The SMILES string of the molecule is COc1cc(C(N)C(=O)O)c(O)c(Cl)c1OC. The lowest BCUT2D eigenvalue weighted by Gasteiger charge is -2.15. The van der Waals surface area contributed by atoms with E-state index in [0.717, 1.165) is 0 Å². The Kier molecular flexibility index (Phi) is 4.03. The molecule has 0 heterocycles. The van der Waals surface area contributed by atoms with Crippen molar-refractivity contribution in [3.05, 3.63) is 16.7 Å². The van der Waals surface area contributed by atoms with Gasteiger partial charge in [0.25, 0.3) is 0 Å². The fourth-order valence-electron chi connectivity index (χ4n) is 1.33. The summed E-state index contributed by atoms with van der Waals surface area (Å²) in [5.41, 5.74) is 5.37. The predicted molar refractivity (Wildman–Crippen MR) is 60.8 cm³/mol. The molecule has 0 aliphatic rings. The number of aromatic hydroxyl groups is 1. The Morgan fingerprint density at radius 2 is 2.06 bits per heavy atom. The van der Waals surface area contributed by atoms with E-state index in [1.165, 1.54) is 20.3 Å². The number of hydrogen-bond donors (Lipinski definition) is 3. The monoisotopic (exact) mass is 261 g/mol. The van der Waals surface area contributed by atoms with E-state index in [4.69, 9.17) is 31.9 Å². The quantitative estimate of drug-likeness (QED) is 0.751. The molecule has 0 fully saturated rings. The largest absolute Gasteiger partial charge is 0.506 e. The third-order valence-electron chi connectivity index (χ3n) is 2.22. The zero-order valence-corrected chi connectivity index (χ0v) is 9.99. The van der Waals surface area contributed by atoms with Gasteiger partial charge in [0.15, 0.2) is 11.5 Å². The molecule has 1 rings (SSSR count). The third-order valence-corrected chi connectivity index (χ3v) is 2.57. The van der Waals surface area contributed by atoms with Crippen molar-refractivity contribution in [2.24, 2.45) is 5.73 Å². The molecular weight excluding hydrogens is 250 g/mol. The van der Waals surface area contributed by atoms with Gasteiger partial charge in [0, 0.05) is 5.56 Å². The van der Waals surface area contributed by atoms with Crippen LogP contribution in [0.15, 0.2) is 6.07 Å². The normalized spacial score (nSPS) is 12.0. The second-order valence-corrected chi connectivity index (χ2v) is 3.56. The van der Waals surface area contributed by atoms with Crippen molar-refractivity contribution >= 4 is 17.6 Å². The van der Waals surface area contributed by atoms with Crippen LogP contribution in [0, 0.1) is 0 Å². The topological polar surface area (TPSA) is 102 Å². The number of phenols is 1. The summed E-state index contributed by atoms with van der Waals surface area (Å²) >= 11 is 5.83. The Balaban J connectivity index is 3.44. The first-order valence-corrected chi connectivity index (χ1v) is 4.93. The Bertz CT molecular complexity index is 449. The van der Waals surface area contributed by atoms with Gasteiger partial charge in [-0.05, 0) is 6.07 Å². The lowest BCUT2D eigenvalue weighted by molar-refractivity contribution is -0.138. The highest BCUT2D eigenvalue weighted by Crippen LogP contribution is 2.44. The van der Waals surface area contributed by atoms with Crippen LogP contribution >= 0.6 is 11.6 Å². The fourth-order valence-corrected chi connectivity index (χ4v) is 1.61. The molecule has 4 N–H and O–H groups in total. The summed E-state index contributed by atoms with van der Waals surface area (Å²) < 4.78 is 9.91. The number of benzene rings is 1. The smallest absolute Gasteiger partial charge is 0.325 e. The summed E-state index contributed by atoms with van der Waals surface area (Å²) in [6.07, 6.45) is 0. The molecule has 0 aliphatic carbocycles. The molecule has 7 heteroatoms. The third kappa shape index (κ3) is 2.37. The number of phenolic OH excluding ortho intramolecular Hbond substituents is 1. The highest BCUT2D eigenvalue weighted by Gasteiger charge is 2.25. The van der Waals surface area contributed by atoms with Crippen molar-refractivity contribution in [2.45, 2.75) is 6.04 Å².